The molecule has 0 saturated carbocycles. The van der Waals surface area contributed by atoms with Crippen molar-refractivity contribution < 1.29 is 18.7 Å². The Morgan fingerprint density at radius 3 is 2.69 bits per heavy atom. The zero-order valence-electron chi connectivity index (χ0n) is 14.4. The highest BCUT2D eigenvalue weighted by molar-refractivity contribution is 5.93. The Morgan fingerprint density at radius 2 is 1.88 bits per heavy atom. The van der Waals surface area contributed by atoms with Crippen LogP contribution in [0, 0.1) is 13.8 Å². The van der Waals surface area contributed by atoms with Crippen LogP contribution in [0.3, 0.4) is 0 Å². The summed E-state index contributed by atoms with van der Waals surface area (Å²) in [4.78, 5) is 12.4. The Bertz CT molecular complexity index is 967. The van der Waals surface area contributed by atoms with Gasteiger partial charge in [0, 0.05) is 5.56 Å². The van der Waals surface area contributed by atoms with Crippen LogP contribution in [-0.2, 0) is 4.79 Å². The van der Waals surface area contributed by atoms with Gasteiger partial charge >= 0.3 is 6.01 Å². The average molecular weight is 351 g/mol. The van der Waals surface area contributed by atoms with E-state index in [0.717, 1.165) is 11.1 Å². The number of fused-ring (bicyclic) bond motifs is 1. The van der Waals surface area contributed by atoms with Crippen molar-refractivity contribution in [2.75, 3.05) is 11.9 Å². The summed E-state index contributed by atoms with van der Waals surface area (Å²) < 4.78 is 16.7. The number of ether oxygens (including phenoxy) is 2. The van der Waals surface area contributed by atoms with Gasteiger partial charge in [-0.2, -0.15) is 0 Å². The van der Waals surface area contributed by atoms with E-state index in [-0.39, 0.29) is 12.6 Å². The Hall–Kier alpha value is -3.35. The van der Waals surface area contributed by atoms with Crippen molar-refractivity contribution in [2.45, 2.75) is 20.0 Å². The fourth-order valence-electron chi connectivity index (χ4n) is 2.60. The summed E-state index contributed by atoms with van der Waals surface area (Å²) in [6.45, 7) is 4.15. The quantitative estimate of drug-likeness (QED) is 0.780. The largest absolute Gasteiger partial charge is 0.485 e. The number of amides is 1. The number of aryl methyl sites for hydroxylation is 2. The lowest BCUT2D eigenvalue weighted by Gasteiger charge is -2.24. The molecule has 0 fully saturated rings. The first-order chi connectivity index (χ1) is 12.6. The number of carbonyl (C=O) groups excluding carboxylic acids is 1. The van der Waals surface area contributed by atoms with Gasteiger partial charge in [-0.05, 0) is 49.2 Å². The van der Waals surface area contributed by atoms with Crippen LogP contribution in [0.2, 0.25) is 0 Å². The van der Waals surface area contributed by atoms with Gasteiger partial charge < -0.3 is 13.9 Å². The zero-order chi connectivity index (χ0) is 18.1. The van der Waals surface area contributed by atoms with Gasteiger partial charge in [0.1, 0.15) is 6.61 Å². The number of para-hydroxylation sites is 2. The first-order valence-corrected chi connectivity index (χ1v) is 8.20. The van der Waals surface area contributed by atoms with E-state index in [1.165, 1.54) is 5.56 Å². The molecule has 1 N–H and O–H groups in total. The van der Waals surface area contributed by atoms with E-state index in [1.807, 2.05) is 44.2 Å². The van der Waals surface area contributed by atoms with E-state index < -0.39 is 12.0 Å². The van der Waals surface area contributed by atoms with Crippen LogP contribution in [0.15, 0.2) is 46.9 Å². The molecule has 4 rings (SSSR count). The van der Waals surface area contributed by atoms with Crippen LogP contribution >= 0.6 is 0 Å². The topological polar surface area (TPSA) is 86.5 Å². The van der Waals surface area contributed by atoms with Gasteiger partial charge in [-0.3, -0.25) is 10.1 Å². The van der Waals surface area contributed by atoms with Crippen molar-refractivity contribution in [3.8, 4) is 23.0 Å². The fraction of sp³-hybridized carbons (Fsp3) is 0.211. The monoisotopic (exact) mass is 351 g/mol. The van der Waals surface area contributed by atoms with Crippen molar-refractivity contribution in [1.82, 2.24) is 10.2 Å². The molecule has 0 saturated heterocycles. The molecule has 7 nitrogen and oxygen atoms in total. The normalized spacial score (nSPS) is 15.5. The standard InChI is InChI=1S/C19H17N3O4/c1-11-7-8-13(9-12(11)2)18-21-22-19(26-18)20-17(23)16-10-24-14-5-3-4-6-15(14)25-16/h3-9,16H,10H2,1-2H3,(H,20,22,23). The van der Waals surface area contributed by atoms with Crippen molar-refractivity contribution in [3.05, 3.63) is 53.6 Å². The van der Waals surface area contributed by atoms with Crippen molar-refractivity contribution in [1.29, 1.82) is 0 Å². The summed E-state index contributed by atoms with van der Waals surface area (Å²) in [5, 5.41) is 10.4. The van der Waals surface area contributed by atoms with Gasteiger partial charge in [-0.1, -0.05) is 23.3 Å². The number of rotatable bonds is 3. The second kappa shape index (κ2) is 6.51. The molecule has 7 heteroatoms. The lowest BCUT2D eigenvalue weighted by molar-refractivity contribution is -0.125. The highest BCUT2D eigenvalue weighted by atomic mass is 16.6. The maximum atomic E-state index is 12.4. The van der Waals surface area contributed by atoms with E-state index >= 15 is 0 Å². The Labute approximate surface area is 150 Å². The predicted molar refractivity (Wildman–Crippen MR) is 94.2 cm³/mol. The number of anilines is 1. The molecule has 1 unspecified atom stereocenters. The van der Waals surface area contributed by atoms with E-state index in [9.17, 15) is 4.79 Å². The molecule has 1 aromatic heterocycles. The number of nitrogens with zero attached hydrogens (tertiary/aromatic N) is 2. The van der Waals surface area contributed by atoms with Gasteiger partial charge in [0.05, 0.1) is 0 Å². The first-order valence-electron chi connectivity index (χ1n) is 8.20. The molecular weight excluding hydrogens is 334 g/mol. The number of benzene rings is 2. The smallest absolute Gasteiger partial charge is 0.322 e. The van der Waals surface area contributed by atoms with Gasteiger partial charge in [0.15, 0.2) is 11.5 Å². The zero-order valence-corrected chi connectivity index (χ0v) is 14.4. The lowest BCUT2D eigenvalue weighted by atomic mass is 10.1. The minimum atomic E-state index is -0.790. The molecule has 0 spiro atoms. The number of hydrogen-bond acceptors (Lipinski definition) is 6. The molecular formula is C19H17N3O4. The maximum Gasteiger partial charge on any atom is 0.322 e. The third kappa shape index (κ3) is 3.11. The predicted octanol–water partition coefficient (Wildman–Crippen LogP) is 3.13. The summed E-state index contributed by atoms with van der Waals surface area (Å²) in [6, 6.07) is 13.1. The van der Waals surface area contributed by atoms with E-state index in [1.54, 1.807) is 12.1 Å². The molecule has 2 heterocycles. The van der Waals surface area contributed by atoms with Crippen LogP contribution < -0.4 is 14.8 Å². The summed E-state index contributed by atoms with van der Waals surface area (Å²) in [5.74, 6) is 1.08. The van der Waals surface area contributed by atoms with E-state index in [0.29, 0.717) is 17.4 Å². The fourth-order valence-corrected chi connectivity index (χ4v) is 2.60. The first kappa shape index (κ1) is 16.1. The van der Waals surface area contributed by atoms with Crippen LogP contribution in [0.4, 0.5) is 6.01 Å². The second-order valence-electron chi connectivity index (χ2n) is 6.06. The molecule has 26 heavy (non-hydrogen) atoms. The molecule has 1 amide bonds. The molecule has 0 aliphatic carbocycles. The van der Waals surface area contributed by atoms with E-state index in [2.05, 4.69) is 15.5 Å². The minimum Gasteiger partial charge on any atom is -0.485 e. The molecule has 1 aliphatic heterocycles. The van der Waals surface area contributed by atoms with Gasteiger partial charge in [0.25, 0.3) is 5.91 Å². The summed E-state index contributed by atoms with van der Waals surface area (Å²) >= 11 is 0. The lowest BCUT2D eigenvalue weighted by Crippen LogP contribution is -2.40. The SMILES string of the molecule is Cc1ccc(-c2nnc(NC(=O)C3COc4ccccc4O3)o2)cc1C. The van der Waals surface area contributed by atoms with E-state index in [4.69, 9.17) is 13.9 Å². The molecule has 0 bridgehead atoms. The van der Waals surface area contributed by atoms with Crippen LogP contribution in [0.5, 0.6) is 11.5 Å². The van der Waals surface area contributed by atoms with Crippen LogP contribution in [-0.4, -0.2) is 28.8 Å². The highest BCUT2D eigenvalue weighted by Gasteiger charge is 2.28. The minimum absolute atomic E-state index is 0.0192. The summed E-state index contributed by atoms with van der Waals surface area (Å²) in [6.07, 6.45) is -0.790. The average Bonchev–Trinajstić information content (AvgIpc) is 3.12. The third-order valence-corrected chi connectivity index (χ3v) is 4.21. The molecule has 0 radical (unpaired) electrons. The summed E-state index contributed by atoms with van der Waals surface area (Å²) in [5.41, 5.74) is 3.10. The van der Waals surface area contributed by atoms with Gasteiger partial charge in [-0.25, -0.2) is 0 Å². The Balaban J connectivity index is 1.46. The van der Waals surface area contributed by atoms with Crippen molar-refractivity contribution in [3.63, 3.8) is 0 Å². The number of hydrogen-bond donors (Lipinski definition) is 1. The molecule has 132 valence electrons. The molecule has 1 aliphatic rings. The number of nitrogens with one attached hydrogen (secondary N) is 1. The molecule has 1 atom stereocenters. The summed E-state index contributed by atoms with van der Waals surface area (Å²) in [7, 11) is 0. The molecule has 2 aromatic carbocycles. The Morgan fingerprint density at radius 1 is 1.08 bits per heavy atom. The highest BCUT2D eigenvalue weighted by Crippen LogP contribution is 2.31. The van der Waals surface area contributed by atoms with Crippen molar-refractivity contribution >= 4 is 11.9 Å². The number of aromatic nitrogens is 2. The van der Waals surface area contributed by atoms with Gasteiger partial charge in [-0.15, -0.1) is 5.10 Å². The number of carbonyl (C=O) groups is 1. The van der Waals surface area contributed by atoms with Crippen LogP contribution in [0.1, 0.15) is 11.1 Å². The molecule has 3 aromatic rings. The van der Waals surface area contributed by atoms with Crippen molar-refractivity contribution in [2.24, 2.45) is 0 Å². The van der Waals surface area contributed by atoms with Gasteiger partial charge in [0.2, 0.25) is 12.0 Å². The van der Waals surface area contributed by atoms with Crippen LogP contribution in [0.25, 0.3) is 11.5 Å². The second-order valence-corrected chi connectivity index (χ2v) is 6.06. The Kier molecular flexibility index (Phi) is 4.04. The third-order valence-electron chi connectivity index (χ3n) is 4.21. The maximum absolute atomic E-state index is 12.4.